The summed E-state index contributed by atoms with van der Waals surface area (Å²) in [4.78, 5) is 4.58. The number of likely N-dealkylation sites (tertiary alicyclic amines) is 1. The van der Waals surface area contributed by atoms with Crippen LogP contribution in [0.25, 0.3) is 0 Å². The molecule has 0 radical (unpaired) electrons. The number of hydrogen-bond donors (Lipinski definition) is 0. The standard InChI is InChI=1S/C16H29N3O3S/c1-13-7-8-16(22-13)14-11-19(12-15(14)17(2)3)9-6-10-23(20,21)18(4)5/h7-8,14-15H,6,9-12H2,1-5H3/t14-,15-/m0/s1. The molecule has 0 unspecified atom stereocenters. The van der Waals surface area contributed by atoms with Gasteiger partial charge in [0.25, 0.3) is 0 Å². The van der Waals surface area contributed by atoms with Crippen LogP contribution in [0.4, 0.5) is 0 Å². The summed E-state index contributed by atoms with van der Waals surface area (Å²) in [5.74, 6) is 2.51. The lowest BCUT2D eigenvalue weighted by molar-refractivity contribution is 0.256. The molecule has 0 aliphatic carbocycles. The van der Waals surface area contributed by atoms with E-state index in [1.165, 1.54) is 4.31 Å². The molecule has 1 saturated heterocycles. The van der Waals surface area contributed by atoms with Crippen molar-refractivity contribution in [3.63, 3.8) is 0 Å². The average molecular weight is 343 g/mol. The van der Waals surface area contributed by atoms with Crippen molar-refractivity contribution in [2.75, 3.05) is 53.6 Å². The summed E-state index contributed by atoms with van der Waals surface area (Å²) >= 11 is 0. The molecule has 6 nitrogen and oxygen atoms in total. The van der Waals surface area contributed by atoms with E-state index in [2.05, 4.69) is 30.0 Å². The Labute approximate surface area is 140 Å². The molecule has 7 heteroatoms. The highest BCUT2D eigenvalue weighted by Gasteiger charge is 2.36. The van der Waals surface area contributed by atoms with E-state index in [-0.39, 0.29) is 5.75 Å². The first-order valence-electron chi connectivity index (χ1n) is 8.06. The molecule has 0 bridgehead atoms. The summed E-state index contributed by atoms with van der Waals surface area (Å²) < 4.78 is 30.8. The Morgan fingerprint density at radius 3 is 2.43 bits per heavy atom. The summed E-state index contributed by atoms with van der Waals surface area (Å²) in [5.41, 5.74) is 0. The van der Waals surface area contributed by atoms with Crippen LogP contribution in [0, 0.1) is 6.92 Å². The molecule has 2 rings (SSSR count). The molecule has 1 aliphatic heterocycles. The number of nitrogens with zero attached hydrogens (tertiary/aromatic N) is 3. The molecule has 23 heavy (non-hydrogen) atoms. The minimum Gasteiger partial charge on any atom is -0.466 e. The normalized spacial score (nSPS) is 23.3. The molecule has 0 spiro atoms. The van der Waals surface area contributed by atoms with Crippen LogP contribution in [-0.2, 0) is 10.0 Å². The smallest absolute Gasteiger partial charge is 0.213 e. The molecule has 132 valence electrons. The number of rotatable bonds is 7. The van der Waals surface area contributed by atoms with Crippen molar-refractivity contribution in [3.8, 4) is 0 Å². The first kappa shape index (κ1) is 18.4. The second-order valence-corrected chi connectivity index (χ2v) is 9.10. The lowest BCUT2D eigenvalue weighted by Gasteiger charge is -2.24. The average Bonchev–Trinajstić information content (AvgIpc) is 3.04. The third-order valence-electron chi connectivity index (χ3n) is 4.59. The molecule has 0 saturated carbocycles. The van der Waals surface area contributed by atoms with E-state index in [4.69, 9.17) is 4.42 Å². The molecule has 1 aromatic heterocycles. The third kappa shape index (κ3) is 4.56. The van der Waals surface area contributed by atoms with Crippen molar-refractivity contribution < 1.29 is 12.8 Å². The fraction of sp³-hybridized carbons (Fsp3) is 0.750. The van der Waals surface area contributed by atoms with Crippen molar-refractivity contribution in [3.05, 3.63) is 23.7 Å². The molecule has 1 aromatic rings. The van der Waals surface area contributed by atoms with E-state index >= 15 is 0 Å². The van der Waals surface area contributed by atoms with Gasteiger partial charge in [-0.1, -0.05) is 0 Å². The highest BCUT2D eigenvalue weighted by atomic mass is 32.2. The van der Waals surface area contributed by atoms with Crippen LogP contribution >= 0.6 is 0 Å². The Balaban J connectivity index is 1.95. The Bertz CT molecular complexity index is 610. The first-order chi connectivity index (χ1) is 10.7. The first-order valence-corrected chi connectivity index (χ1v) is 9.67. The molecule has 2 atom stereocenters. The van der Waals surface area contributed by atoms with Crippen molar-refractivity contribution >= 4 is 10.0 Å². The number of sulfonamides is 1. The summed E-state index contributed by atoms with van der Waals surface area (Å²) in [7, 11) is 4.25. The molecular weight excluding hydrogens is 314 g/mol. The molecule has 0 amide bonds. The molecule has 1 aliphatic rings. The SMILES string of the molecule is Cc1ccc([C@H]2CN(CCCS(=O)(=O)N(C)C)C[C@@H]2N(C)C)o1. The zero-order chi connectivity index (χ0) is 17.2. The lowest BCUT2D eigenvalue weighted by atomic mass is 10.0. The zero-order valence-electron chi connectivity index (χ0n) is 14.8. The van der Waals surface area contributed by atoms with Gasteiger partial charge in [0, 0.05) is 39.1 Å². The van der Waals surface area contributed by atoms with Crippen LogP contribution in [0.5, 0.6) is 0 Å². The van der Waals surface area contributed by atoms with Gasteiger partial charge < -0.3 is 14.2 Å². The Morgan fingerprint density at radius 2 is 1.91 bits per heavy atom. The summed E-state index contributed by atoms with van der Waals surface area (Å²) in [6.07, 6.45) is 0.657. The van der Waals surface area contributed by atoms with Gasteiger partial charge in [0.15, 0.2) is 0 Å². The topological polar surface area (TPSA) is 57.0 Å². The van der Waals surface area contributed by atoms with Crippen LogP contribution < -0.4 is 0 Å². The highest BCUT2D eigenvalue weighted by Crippen LogP contribution is 2.31. The monoisotopic (exact) mass is 343 g/mol. The van der Waals surface area contributed by atoms with Crippen molar-refractivity contribution in [1.29, 1.82) is 0 Å². The Hall–Kier alpha value is -0.890. The van der Waals surface area contributed by atoms with Gasteiger partial charge in [0.2, 0.25) is 10.0 Å². The summed E-state index contributed by atoms with van der Waals surface area (Å²) in [6, 6.07) is 4.47. The number of likely N-dealkylation sites (N-methyl/N-ethyl adjacent to an activating group) is 1. The van der Waals surface area contributed by atoms with E-state index in [1.807, 2.05) is 13.0 Å². The largest absolute Gasteiger partial charge is 0.466 e. The molecule has 1 fully saturated rings. The second-order valence-electron chi connectivity index (χ2n) is 6.80. The van der Waals surface area contributed by atoms with Gasteiger partial charge in [0.1, 0.15) is 11.5 Å². The minimum atomic E-state index is -3.10. The maximum Gasteiger partial charge on any atom is 0.213 e. The van der Waals surface area contributed by atoms with Gasteiger partial charge in [-0.3, -0.25) is 0 Å². The number of hydrogen-bond acceptors (Lipinski definition) is 5. The second kappa shape index (κ2) is 7.34. The van der Waals surface area contributed by atoms with E-state index in [0.717, 1.165) is 31.2 Å². The van der Waals surface area contributed by atoms with Crippen LogP contribution in [0.15, 0.2) is 16.5 Å². The highest BCUT2D eigenvalue weighted by molar-refractivity contribution is 7.89. The maximum atomic E-state index is 11.8. The van der Waals surface area contributed by atoms with E-state index < -0.39 is 10.0 Å². The summed E-state index contributed by atoms with van der Waals surface area (Å²) in [5, 5.41) is 0. The van der Waals surface area contributed by atoms with Crippen molar-refractivity contribution in [2.24, 2.45) is 0 Å². The molecule has 0 N–H and O–H groups in total. The quantitative estimate of drug-likeness (QED) is 0.745. The van der Waals surface area contributed by atoms with Gasteiger partial charge in [-0.15, -0.1) is 0 Å². The Morgan fingerprint density at radius 1 is 1.22 bits per heavy atom. The number of furan rings is 1. The van der Waals surface area contributed by atoms with Crippen LogP contribution in [0.2, 0.25) is 0 Å². The minimum absolute atomic E-state index is 0.202. The van der Waals surface area contributed by atoms with Crippen LogP contribution in [0.3, 0.4) is 0 Å². The fourth-order valence-corrected chi connectivity index (χ4v) is 4.02. The van der Waals surface area contributed by atoms with Gasteiger partial charge in [-0.05, 0) is 46.1 Å². The lowest BCUT2D eigenvalue weighted by Crippen LogP contribution is -2.34. The third-order valence-corrected chi connectivity index (χ3v) is 6.50. The van der Waals surface area contributed by atoms with Crippen molar-refractivity contribution in [2.45, 2.75) is 25.3 Å². The van der Waals surface area contributed by atoms with Gasteiger partial charge in [-0.25, -0.2) is 12.7 Å². The summed E-state index contributed by atoms with van der Waals surface area (Å²) in [6.45, 7) is 4.62. The van der Waals surface area contributed by atoms with Gasteiger partial charge in [-0.2, -0.15) is 0 Å². The predicted molar refractivity (Wildman–Crippen MR) is 92.2 cm³/mol. The van der Waals surface area contributed by atoms with E-state index in [9.17, 15) is 8.42 Å². The fourth-order valence-electron chi connectivity index (χ4n) is 3.16. The van der Waals surface area contributed by atoms with E-state index in [1.54, 1.807) is 14.1 Å². The van der Waals surface area contributed by atoms with Crippen LogP contribution in [0.1, 0.15) is 23.9 Å². The Kier molecular flexibility index (Phi) is 5.89. The molecular formula is C16H29N3O3S. The molecule has 0 aromatic carbocycles. The van der Waals surface area contributed by atoms with Gasteiger partial charge >= 0.3 is 0 Å². The van der Waals surface area contributed by atoms with Crippen LogP contribution in [-0.4, -0.2) is 82.1 Å². The van der Waals surface area contributed by atoms with Crippen molar-refractivity contribution in [1.82, 2.24) is 14.1 Å². The maximum absolute atomic E-state index is 11.8. The predicted octanol–water partition coefficient (Wildman–Crippen LogP) is 1.20. The zero-order valence-corrected chi connectivity index (χ0v) is 15.6. The van der Waals surface area contributed by atoms with E-state index in [0.29, 0.717) is 18.4 Å². The number of aryl methyl sites for hydroxylation is 1. The van der Waals surface area contributed by atoms with Gasteiger partial charge in [0.05, 0.1) is 5.75 Å². The molecule has 2 heterocycles.